The summed E-state index contributed by atoms with van der Waals surface area (Å²) in [6.07, 6.45) is 6.02. The minimum Gasteiger partial charge on any atom is -0.396 e. The summed E-state index contributed by atoms with van der Waals surface area (Å²) in [5.74, 6) is 0.823. The monoisotopic (exact) mass is 294 g/mol. The van der Waals surface area contributed by atoms with Crippen LogP contribution in [0.4, 0.5) is 0 Å². The zero-order valence-corrected chi connectivity index (χ0v) is 13.5. The molecule has 0 saturated carbocycles. The van der Waals surface area contributed by atoms with Gasteiger partial charge < -0.3 is 5.11 Å². The summed E-state index contributed by atoms with van der Waals surface area (Å²) in [5, 5.41) is 10.8. The maximum absolute atomic E-state index is 9.56. The van der Waals surface area contributed by atoms with Gasteiger partial charge in [0, 0.05) is 23.4 Å². The number of aryl methyl sites for hydroxylation is 1. The molecule has 1 saturated heterocycles. The van der Waals surface area contributed by atoms with E-state index in [0.717, 1.165) is 32.0 Å². The van der Waals surface area contributed by atoms with E-state index in [-0.39, 0.29) is 5.41 Å². The zero-order valence-electron chi connectivity index (χ0n) is 12.7. The molecular formula is C16H26N2OS. The van der Waals surface area contributed by atoms with E-state index >= 15 is 0 Å². The molecule has 1 aromatic heterocycles. The number of aliphatic hydroxyl groups excluding tert-OH is 1. The highest BCUT2D eigenvalue weighted by atomic mass is 32.1. The van der Waals surface area contributed by atoms with Crippen LogP contribution in [0.3, 0.4) is 0 Å². The molecule has 2 unspecified atom stereocenters. The number of hydrogen-bond acceptors (Lipinski definition) is 4. The van der Waals surface area contributed by atoms with E-state index in [1.807, 2.05) is 11.3 Å². The molecule has 1 aliphatic carbocycles. The third-order valence-corrected chi connectivity index (χ3v) is 5.94. The summed E-state index contributed by atoms with van der Waals surface area (Å²) in [5.41, 5.74) is 1.45. The predicted molar refractivity (Wildman–Crippen MR) is 83.0 cm³/mol. The summed E-state index contributed by atoms with van der Waals surface area (Å²) in [6.45, 7) is 7.98. The second-order valence-electron chi connectivity index (χ2n) is 7.11. The van der Waals surface area contributed by atoms with Crippen LogP contribution in [0.25, 0.3) is 0 Å². The molecule has 3 nitrogen and oxygen atoms in total. The van der Waals surface area contributed by atoms with E-state index in [4.69, 9.17) is 4.98 Å². The third-order valence-electron chi connectivity index (χ3n) is 4.83. The Kier molecular flexibility index (Phi) is 4.16. The molecule has 3 rings (SSSR count). The molecule has 2 aliphatic rings. The average Bonchev–Trinajstić information content (AvgIpc) is 2.80. The molecule has 0 amide bonds. The lowest BCUT2D eigenvalue weighted by Gasteiger charge is -2.38. The first-order valence-corrected chi connectivity index (χ1v) is 8.70. The van der Waals surface area contributed by atoms with Crippen LogP contribution in [-0.2, 0) is 19.4 Å². The summed E-state index contributed by atoms with van der Waals surface area (Å²) >= 11 is 1.93. The lowest BCUT2D eigenvalue weighted by atomic mass is 9.83. The second kappa shape index (κ2) is 5.74. The van der Waals surface area contributed by atoms with Crippen molar-refractivity contribution in [3.63, 3.8) is 0 Å². The fourth-order valence-electron chi connectivity index (χ4n) is 3.54. The fourth-order valence-corrected chi connectivity index (χ4v) is 4.86. The van der Waals surface area contributed by atoms with Gasteiger partial charge in [0.15, 0.2) is 0 Å². The van der Waals surface area contributed by atoms with Crippen LogP contribution in [0.2, 0.25) is 0 Å². The largest absolute Gasteiger partial charge is 0.396 e. The smallest absolute Gasteiger partial charge is 0.107 e. The maximum Gasteiger partial charge on any atom is 0.107 e. The van der Waals surface area contributed by atoms with Gasteiger partial charge in [-0.05, 0) is 44.6 Å². The molecule has 20 heavy (non-hydrogen) atoms. The lowest BCUT2D eigenvalue weighted by Crippen LogP contribution is -2.43. The number of aromatic nitrogens is 1. The van der Waals surface area contributed by atoms with E-state index < -0.39 is 0 Å². The topological polar surface area (TPSA) is 36.4 Å². The highest BCUT2D eigenvalue weighted by Gasteiger charge is 2.31. The van der Waals surface area contributed by atoms with Crippen LogP contribution in [-0.4, -0.2) is 34.7 Å². The van der Waals surface area contributed by atoms with Crippen LogP contribution in [0, 0.1) is 11.3 Å². The highest BCUT2D eigenvalue weighted by molar-refractivity contribution is 7.11. The number of nitrogens with zero attached hydrogens (tertiary/aromatic N) is 2. The molecule has 112 valence electrons. The van der Waals surface area contributed by atoms with Crippen LogP contribution >= 0.6 is 11.3 Å². The Labute approximate surface area is 126 Å². The Morgan fingerprint density at radius 1 is 1.50 bits per heavy atom. The molecule has 0 spiro atoms. The lowest BCUT2D eigenvalue weighted by molar-refractivity contribution is 0.0429. The molecule has 1 aliphatic heterocycles. The Bertz CT molecular complexity index is 473. The normalized spacial score (nSPS) is 31.2. The maximum atomic E-state index is 9.56. The van der Waals surface area contributed by atoms with Gasteiger partial charge in [-0.1, -0.05) is 13.8 Å². The molecule has 0 radical (unpaired) electrons. The number of fused-ring (bicyclic) bond motifs is 1. The number of rotatable bonds is 3. The average molecular weight is 294 g/mol. The van der Waals surface area contributed by atoms with Crippen molar-refractivity contribution in [2.45, 2.75) is 52.5 Å². The van der Waals surface area contributed by atoms with E-state index in [2.05, 4.69) is 18.7 Å². The van der Waals surface area contributed by atoms with Gasteiger partial charge in [-0.2, -0.15) is 0 Å². The summed E-state index contributed by atoms with van der Waals surface area (Å²) in [4.78, 5) is 8.88. The van der Waals surface area contributed by atoms with Crippen LogP contribution < -0.4 is 0 Å². The number of likely N-dealkylation sites (tertiary alicyclic amines) is 1. The Morgan fingerprint density at radius 3 is 3.15 bits per heavy atom. The van der Waals surface area contributed by atoms with Gasteiger partial charge in [-0.25, -0.2) is 4.98 Å². The first-order chi connectivity index (χ1) is 9.58. The quantitative estimate of drug-likeness (QED) is 0.931. The molecule has 0 bridgehead atoms. The van der Waals surface area contributed by atoms with Gasteiger partial charge in [0.25, 0.3) is 0 Å². The summed E-state index contributed by atoms with van der Waals surface area (Å²) in [6, 6.07) is 0. The Balaban J connectivity index is 1.66. The number of piperidine rings is 1. The van der Waals surface area contributed by atoms with Crippen molar-refractivity contribution < 1.29 is 5.11 Å². The van der Waals surface area contributed by atoms with Gasteiger partial charge >= 0.3 is 0 Å². The third kappa shape index (κ3) is 3.07. The van der Waals surface area contributed by atoms with Crippen LogP contribution in [0.5, 0.6) is 0 Å². The molecule has 2 atom stereocenters. The van der Waals surface area contributed by atoms with Crippen LogP contribution in [0.1, 0.15) is 48.7 Å². The summed E-state index contributed by atoms with van der Waals surface area (Å²) < 4.78 is 0. The highest BCUT2D eigenvalue weighted by Crippen LogP contribution is 2.33. The molecule has 2 heterocycles. The molecule has 1 fully saturated rings. The Morgan fingerprint density at radius 2 is 2.35 bits per heavy atom. The molecule has 0 aromatic carbocycles. The second-order valence-corrected chi connectivity index (χ2v) is 8.28. The SMILES string of the molecule is CC1CCc2nc(CN3CCCC(C)(CO)C3)sc2C1. The molecule has 4 heteroatoms. The Hall–Kier alpha value is -0.450. The van der Waals surface area contributed by atoms with Crippen molar-refractivity contribution in [3.8, 4) is 0 Å². The molecular weight excluding hydrogens is 268 g/mol. The van der Waals surface area contributed by atoms with Gasteiger partial charge in [0.2, 0.25) is 0 Å². The number of thiazole rings is 1. The van der Waals surface area contributed by atoms with Crippen molar-refractivity contribution in [1.82, 2.24) is 9.88 Å². The fraction of sp³-hybridized carbons (Fsp3) is 0.812. The van der Waals surface area contributed by atoms with Crippen molar-refractivity contribution in [3.05, 3.63) is 15.6 Å². The van der Waals surface area contributed by atoms with Crippen molar-refractivity contribution in [2.75, 3.05) is 19.7 Å². The number of aliphatic hydroxyl groups is 1. The minimum atomic E-state index is 0.0869. The minimum absolute atomic E-state index is 0.0869. The number of hydrogen-bond donors (Lipinski definition) is 1. The van der Waals surface area contributed by atoms with Gasteiger partial charge in [0.1, 0.15) is 5.01 Å². The summed E-state index contributed by atoms with van der Waals surface area (Å²) in [7, 11) is 0. The molecule has 1 N–H and O–H groups in total. The molecule has 1 aromatic rings. The van der Waals surface area contributed by atoms with Gasteiger partial charge in [-0.3, -0.25) is 4.90 Å². The first-order valence-electron chi connectivity index (χ1n) is 7.89. The standard InChI is InChI=1S/C16H26N2OS/c1-12-4-5-13-14(8-12)20-15(17-13)9-18-7-3-6-16(2,10-18)11-19/h12,19H,3-11H2,1-2H3. The van der Waals surface area contributed by atoms with Crippen molar-refractivity contribution >= 4 is 11.3 Å². The van der Waals surface area contributed by atoms with Crippen molar-refractivity contribution in [1.29, 1.82) is 0 Å². The van der Waals surface area contributed by atoms with E-state index in [1.165, 1.54) is 41.3 Å². The first kappa shape index (κ1) is 14.5. The van der Waals surface area contributed by atoms with Crippen LogP contribution in [0.15, 0.2) is 0 Å². The van der Waals surface area contributed by atoms with E-state index in [0.29, 0.717) is 6.61 Å². The van der Waals surface area contributed by atoms with E-state index in [9.17, 15) is 5.11 Å². The van der Waals surface area contributed by atoms with Crippen molar-refractivity contribution in [2.24, 2.45) is 11.3 Å². The van der Waals surface area contributed by atoms with E-state index in [1.54, 1.807) is 0 Å². The van der Waals surface area contributed by atoms with Gasteiger partial charge in [-0.15, -0.1) is 11.3 Å². The predicted octanol–water partition coefficient (Wildman–Crippen LogP) is 2.86. The van der Waals surface area contributed by atoms with Gasteiger partial charge in [0.05, 0.1) is 12.2 Å². The zero-order chi connectivity index (χ0) is 14.2.